The Hall–Kier alpha value is -3.60. The van der Waals surface area contributed by atoms with Gasteiger partial charge in [0, 0.05) is 19.3 Å². The van der Waals surface area contributed by atoms with Crippen LogP contribution in [0.1, 0.15) is 278 Å². The Morgan fingerprint density at radius 3 is 1.10 bits per heavy atom. The van der Waals surface area contributed by atoms with Gasteiger partial charge in [0.15, 0.2) is 6.10 Å². The summed E-state index contributed by atoms with van der Waals surface area (Å²) in [5.74, 6) is -1.57. The van der Waals surface area contributed by atoms with Gasteiger partial charge in [0.05, 0.1) is 19.8 Å². The van der Waals surface area contributed by atoms with Crippen LogP contribution in [0.2, 0.25) is 0 Å². The van der Waals surface area contributed by atoms with Crippen LogP contribution in [-0.4, -0.2) is 66.5 Å². The molecule has 3 atom stereocenters. The number of phosphoric acid groups is 1. The van der Waals surface area contributed by atoms with Gasteiger partial charge < -0.3 is 24.2 Å². The van der Waals surface area contributed by atoms with Crippen molar-refractivity contribution in [1.82, 2.24) is 0 Å². The van der Waals surface area contributed by atoms with Gasteiger partial charge >= 0.3 is 25.7 Å². The molecule has 0 heterocycles. The summed E-state index contributed by atoms with van der Waals surface area (Å²) in [5.41, 5.74) is 0. The van der Waals surface area contributed by atoms with E-state index in [4.69, 9.17) is 23.3 Å². The molecule has 460 valence electrons. The van der Waals surface area contributed by atoms with Gasteiger partial charge in [-0.15, -0.1) is 0 Å². The number of aliphatic hydroxyl groups is 1. The zero-order valence-corrected chi connectivity index (χ0v) is 51.9. The van der Waals surface area contributed by atoms with Gasteiger partial charge in [0.1, 0.15) is 12.7 Å². The maximum absolute atomic E-state index is 12.9. The van der Waals surface area contributed by atoms with Gasteiger partial charge in [-0.1, -0.05) is 266 Å². The third-order valence-electron chi connectivity index (χ3n) is 13.5. The van der Waals surface area contributed by atoms with E-state index in [-0.39, 0.29) is 25.9 Å². The second-order valence-corrected chi connectivity index (χ2v) is 22.7. The van der Waals surface area contributed by atoms with E-state index in [1.54, 1.807) is 0 Å². The number of hydrogen-bond donors (Lipinski definition) is 2. The highest BCUT2D eigenvalue weighted by Gasteiger charge is 2.28. The van der Waals surface area contributed by atoms with E-state index in [1.165, 1.54) is 122 Å². The smallest absolute Gasteiger partial charge is 0.462 e. The average Bonchev–Trinajstić information content (AvgIpc) is 3.45. The van der Waals surface area contributed by atoms with Gasteiger partial charge in [0.25, 0.3) is 0 Å². The molecule has 0 aromatic rings. The quantitative estimate of drug-likeness (QED) is 0.0197. The lowest BCUT2D eigenvalue weighted by molar-refractivity contribution is -0.161. The van der Waals surface area contributed by atoms with E-state index in [0.29, 0.717) is 25.7 Å². The summed E-state index contributed by atoms with van der Waals surface area (Å²) < 4.78 is 39.6. The molecule has 0 aliphatic carbocycles. The van der Waals surface area contributed by atoms with E-state index in [2.05, 4.69) is 106 Å². The Morgan fingerprint density at radius 1 is 0.362 bits per heavy atom. The molecule has 0 aliphatic heterocycles. The van der Waals surface area contributed by atoms with Crippen molar-refractivity contribution < 1.29 is 52.2 Å². The monoisotopic (exact) mass is 1140 g/mol. The zero-order chi connectivity index (χ0) is 58.3. The fourth-order valence-corrected chi connectivity index (χ4v) is 9.43. The molecule has 0 radical (unpaired) electrons. The van der Waals surface area contributed by atoms with Crippen LogP contribution >= 0.6 is 7.82 Å². The first-order valence-corrected chi connectivity index (χ1v) is 33.6. The SMILES string of the molecule is CC/C=C\C/C=C\C/C=C\C/C=C\C/C=C\C/C=C\CCC(=O)OC(COC(=O)CCCCCCCCC/C=C\C/C=C\CCCCC)COP(=O)(O)OCC(CO)OC(=O)CCCCCCCCCCCCCCCCCCC. The molecule has 3 unspecified atom stereocenters. The molecule has 0 aliphatic rings. The number of rotatable bonds is 59. The lowest BCUT2D eigenvalue weighted by atomic mass is 10.0. The number of unbranched alkanes of at least 4 members (excludes halogenated alkanes) is 26. The highest BCUT2D eigenvalue weighted by molar-refractivity contribution is 7.47. The van der Waals surface area contributed by atoms with E-state index in [1.807, 2.05) is 12.2 Å². The minimum atomic E-state index is -4.78. The fourth-order valence-electron chi connectivity index (χ4n) is 8.65. The summed E-state index contributed by atoms with van der Waals surface area (Å²) in [7, 11) is -4.78. The summed E-state index contributed by atoms with van der Waals surface area (Å²) in [4.78, 5) is 48.7. The van der Waals surface area contributed by atoms with Crippen molar-refractivity contribution in [2.24, 2.45) is 0 Å². The molecular weight excluding hydrogens is 1020 g/mol. The van der Waals surface area contributed by atoms with Crippen LogP contribution in [0.15, 0.2) is 97.2 Å². The summed E-state index contributed by atoms with van der Waals surface area (Å²) in [6, 6.07) is 0. The molecule has 0 saturated heterocycles. The summed E-state index contributed by atoms with van der Waals surface area (Å²) in [5, 5.41) is 9.85. The second-order valence-electron chi connectivity index (χ2n) is 21.2. The van der Waals surface area contributed by atoms with Crippen molar-refractivity contribution in [3.63, 3.8) is 0 Å². The summed E-state index contributed by atoms with van der Waals surface area (Å²) in [6.45, 7) is 4.45. The molecule has 0 spiro atoms. The van der Waals surface area contributed by atoms with Gasteiger partial charge in [-0.2, -0.15) is 0 Å². The first-order chi connectivity index (χ1) is 39.2. The van der Waals surface area contributed by atoms with Crippen LogP contribution in [0.3, 0.4) is 0 Å². The summed E-state index contributed by atoms with van der Waals surface area (Å²) in [6.07, 6.45) is 73.7. The normalized spacial score (nSPS) is 13.9. The van der Waals surface area contributed by atoms with Gasteiger partial charge in [-0.25, -0.2) is 4.57 Å². The third kappa shape index (κ3) is 59.0. The number of ether oxygens (including phenoxy) is 3. The molecule has 12 heteroatoms. The maximum Gasteiger partial charge on any atom is 0.472 e. The Labute approximate surface area is 489 Å². The molecule has 0 amide bonds. The van der Waals surface area contributed by atoms with Crippen molar-refractivity contribution in [2.45, 2.75) is 290 Å². The third-order valence-corrected chi connectivity index (χ3v) is 14.5. The van der Waals surface area contributed by atoms with Gasteiger partial charge in [-0.3, -0.25) is 23.4 Å². The molecular formula is C68H117O11P. The molecule has 0 rings (SSSR count). The predicted molar refractivity (Wildman–Crippen MR) is 334 cm³/mol. The number of carbonyl (C=O) groups is 3. The Balaban J connectivity index is 4.80. The predicted octanol–water partition coefficient (Wildman–Crippen LogP) is 19.6. The maximum atomic E-state index is 12.9. The van der Waals surface area contributed by atoms with Crippen LogP contribution in [0.25, 0.3) is 0 Å². The van der Waals surface area contributed by atoms with E-state index in [9.17, 15) is 28.9 Å². The highest BCUT2D eigenvalue weighted by atomic mass is 31.2. The number of phosphoric ester groups is 1. The van der Waals surface area contributed by atoms with Crippen molar-refractivity contribution >= 4 is 25.7 Å². The highest BCUT2D eigenvalue weighted by Crippen LogP contribution is 2.43. The number of allylic oxidation sites excluding steroid dienone is 16. The lowest BCUT2D eigenvalue weighted by Crippen LogP contribution is -2.30. The minimum Gasteiger partial charge on any atom is -0.462 e. The van der Waals surface area contributed by atoms with Crippen molar-refractivity contribution in [2.75, 3.05) is 26.4 Å². The Bertz CT molecular complexity index is 1710. The van der Waals surface area contributed by atoms with Gasteiger partial charge in [0.2, 0.25) is 0 Å². The zero-order valence-electron chi connectivity index (χ0n) is 51.0. The van der Waals surface area contributed by atoms with Crippen molar-refractivity contribution in [3.05, 3.63) is 97.2 Å². The Morgan fingerprint density at radius 2 is 0.675 bits per heavy atom. The number of hydrogen-bond acceptors (Lipinski definition) is 10. The van der Waals surface area contributed by atoms with Crippen molar-refractivity contribution in [3.8, 4) is 0 Å². The van der Waals surface area contributed by atoms with Gasteiger partial charge in [-0.05, 0) is 89.9 Å². The summed E-state index contributed by atoms with van der Waals surface area (Å²) >= 11 is 0. The van der Waals surface area contributed by atoms with Crippen LogP contribution < -0.4 is 0 Å². The molecule has 0 aromatic heterocycles. The lowest BCUT2D eigenvalue weighted by Gasteiger charge is -2.21. The Kier molecular flexibility index (Phi) is 58.7. The number of carbonyl (C=O) groups excluding carboxylic acids is 3. The van der Waals surface area contributed by atoms with E-state index < -0.39 is 57.8 Å². The number of esters is 3. The molecule has 80 heavy (non-hydrogen) atoms. The first-order valence-electron chi connectivity index (χ1n) is 32.1. The van der Waals surface area contributed by atoms with E-state index in [0.717, 1.165) is 89.9 Å². The molecule has 0 bridgehead atoms. The molecule has 0 aromatic carbocycles. The minimum absolute atomic E-state index is 0.0382. The second kappa shape index (κ2) is 61.5. The van der Waals surface area contributed by atoms with E-state index >= 15 is 0 Å². The van der Waals surface area contributed by atoms with Crippen LogP contribution in [-0.2, 0) is 42.2 Å². The van der Waals surface area contributed by atoms with Crippen molar-refractivity contribution in [1.29, 1.82) is 0 Å². The first kappa shape index (κ1) is 76.4. The number of aliphatic hydroxyl groups excluding tert-OH is 1. The van der Waals surface area contributed by atoms with Crippen LogP contribution in [0.4, 0.5) is 0 Å². The molecule has 0 saturated carbocycles. The average molecular weight is 1140 g/mol. The van der Waals surface area contributed by atoms with Crippen LogP contribution in [0, 0.1) is 0 Å². The topological polar surface area (TPSA) is 155 Å². The standard InChI is InChI=1S/C68H117O11P/c1-4-7-10-13-16-19-22-25-28-31-32-35-38-41-44-47-50-53-56-59-68(72)79-65(61-75-66(70)57-54-51-48-45-42-39-36-33-29-26-23-20-17-14-11-8-5-2)63-77-80(73,74)76-62-64(60-69)78-67(71)58-55-52-49-46-43-40-37-34-30-27-24-21-18-15-12-9-6-3/h7,10,16-17,19-20,25-26,28-29,32,35,41,44,50,53,64-65,69H,4-6,8-9,11-15,18,21-24,27,30-31,33-34,36-40,42-43,45-49,51-52,54-63H2,1-3H3,(H,73,74)/b10-7-,19-16-,20-17-,28-25-,29-26-,35-32-,44-41-,53-50-. The molecule has 11 nitrogen and oxygen atoms in total. The largest absolute Gasteiger partial charge is 0.472 e. The molecule has 0 fully saturated rings. The van der Waals surface area contributed by atoms with Crippen LogP contribution in [0.5, 0.6) is 0 Å². The molecule has 2 N–H and O–H groups in total. The fraction of sp³-hybridized carbons (Fsp3) is 0.721.